The van der Waals surface area contributed by atoms with Gasteiger partial charge in [-0.2, -0.15) is 0 Å². The van der Waals surface area contributed by atoms with E-state index in [0.717, 1.165) is 222 Å². The predicted molar refractivity (Wildman–Crippen MR) is 557 cm³/mol. The van der Waals surface area contributed by atoms with Crippen LogP contribution in [0.3, 0.4) is 0 Å². The Kier molecular flexibility index (Phi) is 105. The van der Waals surface area contributed by atoms with Crippen LogP contribution < -0.4 is 27.0 Å². The van der Waals surface area contributed by atoms with E-state index in [1.807, 2.05) is 0 Å². The molecule has 0 aromatic carbocycles. The van der Waals surface area contributed by atoms with Gasteiger partial charge in [-0.1, -0.05) is 41.5 Å². The smallest absolute Gasteiger partial charge is 0.306 e. The second-order valence-corrected chi connectivity index (χ2v) is 34.8. The first-order valence-electron chi connectivity index (χ1n) is 51.5. The molecular formula is C99H203N19O24. The Labute approximate surface area is 856 Å². The van der Waals surface area contributed by atoms with Crippen LogP contribution in [0.2, 0.25) is 0 Å². The van der Waals surface area contributed by atoms with Crippen LogP contribution in [0.25, 0.3) is 0 Å². The number of nitrogens with two attached hydrogens (primary N) is 1. The number of ether oxygens (including phenoxy) is 12. The molecule has 6 N–H and O–H groups in total. The molecule has 0 unspecified atom stereocenters. The molecule has 0 aromatic rings. The summed E-state index contributed by atoms with van der Waals surface area (Å²) < 4.78 is 56.3. The van der Waals surface area contributed by atoms with E-state index in [0.29, 0.717) is 143 Å². The summed E-state index contributed by atoms with van der Waals surface area (Å²) in [4.78, 5) is 168. The van der Waals surface area contributed by atoms with Gasteiger partial charge in [-0.25, -0.2) is 0 Å². The largest absolute Gasteiger partial charge is 0.469 e. The monoisotopic (exact) mass is 2040 g/mol. The van der Waals surface area contributed by atoms with Crippen molar-refractivity contribution in [2.24, 2.45) is 5.73 Å². The summed E-state index contributed by atoms with van der Waals surface area (Å²) in [5, 5.41) is 13.1. The van der Waals surface area contributed by atoms with Crippen LogP contribution in [0, 0.1) is 0 Å². The molecule has 0 spiro atoms. The van der Waals surface area contributed by atoms with Gasteiger partial charge in [0.1, 0.15) is 0 Å². The molecule has 0 aromatic heterocycles. The van der Waals surface area contributed by atoms with Crippen molar-refractivity contribution in [3.8, 4) is 0 Å². The lowest BCUT2D eigenvalue weighted by Gasteiger charge is -2.29. The lowest BCUT2D eigenvalue weighted by molar-refractivity contribution is -0.142. The first-order valence-corrected chi connectivity index (χ1v) is 51.5. The van der Waals surface area contributed by atoms with E-state index in [-0.39, 0.29) is 97.3 Å². The van der Waals surface area contributed by atoms with E-state index in [1.54, 1.807) is 0 Å². The van der Waals surface area contributed by atoms with E-state index in [2.05, 4.69) is 186 Å². The average Bonchev–Trinajstić information content (AvgIpc) is 0.944. The highest BCUT2D eigenvalue weighted by molar-refractivity contribution is 5.73. The normalized spacial score (nSPS) is 11.3. The summed E-state index contributed by atoms with van der Waals surface area (Å²) in [6.07, 6.45) is 10.8. The maximum atomic E-state index is 11.6. The molecule has 142 heavy (non-hydrogen) atoms. The fourth-order valence-electron chi connectivity index (χ4n) is 13.9. The summed E-state index contributed by atoms with van der Waals surface area (Å²) in [7, 11) is 27.2. The highest BCUT2D eigenvalue weighted by Gasteiger charge is 2.21. The van der Waals surface area contributed by atoms with Gasteiger partial charge >= 0.3 is 71.6 Å². The van der Waals surface area contributed by atoms with Crippen molar-refractivity contribution in [3.63, 3.8) is 0 Å². The number of nitrogens with zero attached hydrogens (tertiary/aromatic N) is 14. The molecule has 0 aliphatic carbocycles. The Hall–Kier alpha value is -7.12. The van der Waals surface area contributed by atoms with Crippen molar-refractivity contribution in [3.05, 3.63) is 0 Å². The van der Waals surface area contributed by atoms with Crippen LogP contribution >= 0.6 is 0 Å². The highest BCUT2D eigenvalue weighted by Crippen LogP contribution is 2.08. The number of carbonyl (C=O) groups excluding carboxylic acids is 12. The number of likely N-dealkylation sites (N-methyl/N-ethyl adjacent to an activating group) is 5. The van der Waals surface area contributed by atoms with E-state index in [9.17, 15) is 57.5 Å². The fourth-order valence-corrected chi connectivity index (χ4v) is 13.9. The molecule has 0 radical (unpaired) electrons. The molecule has 0 saturated heterocycles. The Morgan fingerprint density at radius 3 is 0.451 bits per heavy atom. The number of hydrogen-bond donors (Lipinski definition) is 5. The molecule has 43 heteroatoms. The minimum Gasteiger partial charge on any atom is -0.469 e. The van der Waals surface area contributed by atoms with Crippen molar-refractivity contribution < 1.29 is 114 Å². The lowest BCUT2D eigenvalue weighted by Crippen LogP contribution is -2.42. The topological polar surface area (TPSA) is 435 Å². The van der Waals surface area contributed by atoms with Crippen LogP contribution in [0.1, 0.15) is 157 Å². The van der Waals surface area contributed by atoms with Crippen LogP contribution in [0.5, 0.6) is 0 Å². The van der Waals surface area contributed by atoms with Crippen molar-refractivity contribution in [1.29, 1.82) is 0 Å². The zero-order chi connectivity index (χ0) is 108. The van der Waals surface area contributed by atoms with Gasteiger partial charge in [0.2, 0.25) is 0 Å². The summed E-state index contributed by atoms with van der Waals surface area (Å²) in [6, 6.07) is 0. The number of esters is 12. The molecule has 0 atom stereocenters. The van der Waals surface area contributed by atoms with E-state index in [4.69, 9.17) is 43.6 Å². The van der Waals surface area contributed by atoms with Gasteiger partial charge < -0.3 is 152 Å². The Morgan fingerprint density at radius 2 is 0.289 bits per heavy atom. The molecule has 0 aliphatic rings. The third kappa shape index (κ3) is 96.3. The van der Waals surface area contributed by atoms with Gasteiger partial charge in [0.05, 0.1) is 162 Å². The maximum absolute atomic E-state index is 11.6. The van der Waals surface area contributed by atoms with Gasteiger partial charge in [-0.05, 0) is 113 Å². The molecule has 43 nitrogen and oxygen atoms in total. The van der Waals surface area contributed by atoms with Crippen LogP contribution in [-0.2, 0) is 114 Å². The first-order chi connectivity index (χ1) is 68.2. The van der Waals surface area contributed by atoms with Gasteiger partial charge in [0, 0.05) is 262 Å². The van der Waals surface area contributed by atoms with Crippen molar-refractivity contribution in [1.82, 2.24) is 89.9 Å². The quantitative estimate of drug-likeness (QED) is 0.0329. The van der Waals surface area contributed by atoms with E-state index in [1.165, 1.54) is 111 Å². The van der Waals surface area contributed by atoms with Crippen LogP contribution in [0.4, 0.5) is 0 Å². The summed E-state index contributed by atoms with van der Waals surface area (Å²) in [5.41, 5.74) is 5.67. The zero-order valence-corrected chi connectivity index (χ0v) is 92.9. The number of rotatable bonds is 89. The van der Waals surface area contributed by atoms with E-state index >= 15 is 0 Å². The second-order valence-electron chi connectivity index (χ2n) is 34.8. The third-order valence-corrected chi connectivity index (χ3v) is 23.2. The lowest BCUT2D eigenvalue weighted by atomic mass is 10.3. The molecule has 838 valence electrons. The molecule has 0 fully saturated rings. The second kappa shape index (κ2) is 104. The van der Waals surface area contributed by atoms with Crippen LogP contribution in [0.15, 0.2) is 0 Å². The standard InChI is InChI=1S/C26H50N4O8.C22H44N4O6.2C18H38N4O4.C15H33N3O2/c1-7-12-28(21-22-30(15-10-25(33)37-5)16-11-26(34)38-6)19-17-27(2)18-20-29(13-8-23(31)35-3)14-9-24(32)36-4;1-6-12-25(17-16-24(2)15-11-23-10-7-20(27)30-3)18-19-26(13-8-21(28)31-4)14-9-22(29)32-5;1-5-9-21(12-8-19)15-13-20(2)14-16-22(10-6-17(23)25-3)11-7-18(24)26-4;1-5-12-22(14-11-20-9-7-18(24)26-4)16-15-21(2)13-10-19-8-6-17(23)25-3;1-5-10-18(11-6-2)14-13-17(3)12-9-16-8-7-15(19)20-4/h7-22H2,1-6H3;23H,6-19H2,1-5H3;5-16,19H2,1-4H3;19-20H,5-16H2,1-4H3;16H,5-14H2,1-4H3. The number of nitrogens with one attached hydrogen (secondary N) is 4. The molecule has 0 rings (SSSR count). The number of hydrogen-bond acceptors (Lipinski definition) is 43. The van der Waals surface area contributed by atoms with E-state index < -0.39 is 0 Å². The van der Waals surface area contributed by atoms with Crippen LogP contribution in [-0.4, -0.2) is 562 Å². The maximum Gasteiger partial charge on any atom is 0.306 e. The van der Waals surface area contributed by atoms with Gasteiger partial charge in [0.15, 0.2) is 0 Å². The highest BCUT2D eigenvalue weighted by atomic mass is 16.6. The molecule has 0 bridgehead atoms. The van der Waals surface area contributed by atoms with Gasteiger partial charge in [-0.15, -0.1) is 0 Å². The van der Waals surface area contributed by atoms with Crippen molar-refractivity contribution in [2.75, 3.05) is 422 Å². The average molecular weight is 2040 g/mol. The molecule has 0 heterocycles. The minimum absolute atomic E-state index is 0.152. The SMILES string of the molecule is CCCN(CCC)CCN(C)CCNCCC(=O)OC.CCCN(CCN(C)CCN(CCC(=O)OC)CCC(=O)OC)CCN(CCC(=O)OC)CCC(=O)OC.CCCN(CCN(C)CCNCCC(=O)OC)CCN(CCC(=O)OC)CCC(=O)OC.CCCN(CCN)CCN(C)CCN(CCC(=O)OC)CCC(=O)OC.CCCN(CCNCCC(=O)OC)CCN(C)CCNCCC(=O)OC. The first kappa shape index (κ1) is 143. The molecular weight excluding hydrogens is 1840 g/mol. The number of methoxy groups -OCH3 is 12. The third-order valence-electron chi connectivity index (χ3n) is 23.2. The van der Waals surface area contributed by atoms with Gasteiger partial charge in [0.25, 0.3) is 0 Å². The predicted octanol–water partition coefficient (Wildman–Crippen LogP) is 1.84. The Bertz CT molecular complexity index is 2980. The van der Waals surface area contributed by atoms with Crippen molar-refractivity contribution in [2.45, 2.75) is 157 Å². The summed E-state index contributed by atoms with van der Waals surface area (Å²) in [5.74, 6) is -2.77. The summed E-state index contributed by atoms with van der Waals surface area (Å²) in [6.45, 7) is 51.6. The fraction of sp³-hybridized carbons (Fsp3) is 0.879. The molecule has 0 saturated carbocycles. The zero-order valence-electron chi connectivity index (χ0n) is 92.9. The number of carbonyl (C=O) groups is 12. The Morgan fingerprint density at radius 1 is 0.162 bits per heavy atom. The molecule has 0 amide bonds. The summed E-state index contributed by atoms with van der Waals surface area (Å²) >= 11 is 0. The van der Waals surface area contributed by atoms with Gasteiger partial charge in [-0.3, -0.25) is 57.5 Å². The Balaban J connectivity index is -0.000000559. The molecule has 0 aliphatic heterocycles. The minimum atomic E-state index is -0.274. The van der Waals surface area contributed by atoms with Crippen molar-refractivity contribution >= 4 is 71.6 Å².